The molecule has 0 saturated heterocycles. The molecule has 0 bridgehead atoms. The van der Waals surface area contributed by atoms with Gasteiger partial charge in [-0.15, -0.1) is 0 Å². The van der Waals surface area contributed by atoms with Crippen LogP contribution in [0, 0.1) is 22.8 Å². The van der Waals surface area contributed by atoms with Gasteiger partial charge in [-0.1, -0.05) is 81.4 Å². The van der Waals surface area contributed by atoms with Gasteiger partial charge in [0.2, 0.25) is 0 Å². The summed E-state index contributed by atoms with van der Waals surface area (Å²) < 4.78 is 44.5. The third kappa shape index (κ3) is 9.47. The molecule has 5 heterocycles. The van der Waals surface area contributed by atoms with Crippen LogP contribution in [0.15, 0.2) is 206 Å². The van der Waals surface area contributed by atoms with E-state index >= 15 is 0 Å². The Morgan fingerprint density at radius 3 is 1.67 bits per heavy atom. The fourth-order valence-electron chi connectivity index (χ4n) is 13.4. The molecule has 0 saturated carbocycles. The number of nitrogens with zero attached hydrogens (tertiary/aromatic N) is 5. The molecule has 0 N–H and O–H groups in total. The second-order valence-electron chi connectivity index (χ2n) is 28.5. The molecule has 6 nitrogen and oxygen atoms in total. The number of hydrogen-bond acceptors (Lipinski definition) is 2. The van der Waals surface area contributed by atoms with E-state index in [2.05, 4.69) is 309 Å². The van der Waals surface area contributed by atoms with Crippen LogP contribution in [0.25, 0.3) is 122 Å². The smallest absolute Gasteiger partial charge is 0.0579 e. The van der Waals surface area contributed by atoms with Crippen LogP contribution in [-0.4, -0.2) is 23.1 Å². The zero-order valence-corrected chi connectivity index (χ0v) is 55.4. The number of benzene rings is 10. The van der Waals surface area contributed by atoms with E-state index < -0.39 is 6.85 Å². The molecule has 0 spiro atoms. The van der Waals surface area contributed by atoms with Crippen molar-refractivity contribution in [2.45, 2.75) is 112 Å². The Kier molecular flexibility index (Phi) is 12.4. The number of para-hydroxylation sites is 5. The third-order valence-corrected chi connectivity index (χ3v) is 19.4. The number of rotatable bonds is 8. The molecule has 0 aliphatic heterocycles. The van der Waals surface area contributed by atoms with Gasteiger partial charge < -0.3 is 4.40 Å². The molecule has 0 unspecified atom stereocenters. The first-order valence-corrected chi connectivity index (χ1v) is 32.3. The number of aryl methyl sites for hydroxylation is 1. The fraction of sp³-hybridized carbons (Fsp3) is 0.205. The van der Waals surface area contributed by atoms with Gasteiger partial charge in [0, 0.05) is 37.4 Å². The molecule has 448 valence electrons. The summed E-state index contributed by atoms with van der Waals surface area (Å²) in [4.78, 5) is 5.21. The fourth-order valence-corrected chi connectivity index (χ4v) is 14.5. The Hall–Kier alpha value is -9.09. The minimum atomic E-state index is -2.47. The monoisotopic (exact) mass is 1350 g/mol. The molecule has 0 amide bonds. The predicted molar refractivity (Wildman–Crippen MR) is 373 cm³/mol. The molecule has 5 aromatic heterocycles. The molecule has 15 rings (SSSR count). The van der Waals surface area contributed by atoms with Crippen LogP contribution in [0.1, 0.15) is 115 Å². The van der Waals surface area contributed by atoms with E-state index in [0.29, 0.717) is 28.4 Å². The van der Waals surface area contributed by atoms with Crippen LogP contribution in [0.2, 0.25) is 0 Å². The molecule has 0 fully saturated rings. The van der Waals surface area contributed by atoms with E-state index in [1.54, 1.807) is 12.3 Å². The average molecular weight is 1350 g/mol. The van der Waals surface area contributed by atoms with E-state index in [-0.39, 0.29) is 27.2 Å². The van der Waals surface area contributed by atoms with Crippen molar-refractivity contribution in [3.05, 3.63) is 250 Å². The normalized spacial score (nSPS) is 13.4. The van der Waals surface area contributed by atoms with Crippen molar-refractivity contribution in [2.75, 3.05) is 0 Å². The van der Waals surface area contributed by atoms with Gasteiger partial charge >= 0.3 is 371 Å². The summed E-state index contributed by atoms with van der Waals surface area (Å²) in [6.07, 6.45) is 1.73. The van der Waals surface area contributed by atoms with Crippen LogP contribution >= 0.6 is 0 Å². The number of pyridine rings is 1. The van der Waals surface area contributed by atoms with Crippen molar-refractivity contribution >= 4 is 70.9 Å². The average Bonchev–Trinajstić information content (AvgIpc) is 1.54. The van der Waals surface area contributed by atoms with Gasteiger partial charge in [0.15, 0.2) is 0 Å². The second-order valence-corrected chi connectivity index (χ2v) is 29.5. The van der Waals surface area contributed by atoms with E-state index in [4.69, 9.17) is 13.8 Å². The molecule has 90 heavy (non-hydrogen) atoms. The van der Waals surface area contributed by atoms with E-state index in [9.17, 15) is 0 Å². The number of hydrogen-bond donors (Lipinski definition) is 0. The number of ether oxygens (including phenoxy) is 1. The number of aromatic nitrogens is 5. The van der Waals surface area contributed by atoms with Crippen molar-refractivity contribution in [3.8, 4) is 62.1 Å². The summed E-state index contributed by atoms with van der Waals surface area (Å²) in [5, 5.41) is 6.59. The summed E-state index contributed by atoms with van der Waals surface area (Å²) in [7, 11) is 0. The Morgan fingerprint density at radius 1 is 0.411 bits per heavy atom. The summed E-state index contributed by atoms with van der Waals surface area (Å²) in [6, 6.07) is 79.0. The summed E-state index contributed by atoms with van der Waals surface area (Å²) in [6.45, 7) is 24.6. The molecular formula is C83H73N5OPt-2. The van der Waals surface area contributed by atoms with Crippen molar-refractivity contribution in [1.29, 1.82) is 0 Å². The molecular weight excluding hydrogens is 1280 g/mol. The first-order chi connectivity index (χ1) is 44.2. The molecule has 0 aliphatic rings. The first kappa shape index (κ1) is 53.9. The van der Waals surface area contributed by atoms with Crippen molar-refractivity contribution in [2.24, 2.45) is 0 Å². The summed E-state index contributed by atoms with van der Waals surface area (Å²) >= 11 is 2.53. The minimum Gasteiger partial charge on any atom is -0.0579 e. The van der Waals surface area contributed by atoms with Crippen LogP contribution in [0.4, 0.5) is 0 Å². The zero-order valence-electron chi connectivity index (χ0n) is 56.1. The number of imidazole rings is 1. The van der Waals surface area contributed by atoms with Gasteiger partial charge in [-0.05, 0) is 35.0 Å². The summed E-state index contributed by atoms with van der Waals surface area (Å²) in [5.41, 5.74) is 19.3. The van der Waals surface area contributed by atoms with Crippen LogP contribution in [0.5, 0.6) is 11.5 Å². The second kappa shape index (κ2) is 20.7. The van der Waals surface area contributed by atoms with Gasteiger partial charge in [0.25, 0.3) is 0 Å². The van der Waals surface area contributed by atoms with Crippen molar-refractivity contribution in [3.63, 3.8) is 0 Å². The zero-order chi connectivity index (χ0) is 65.0. The Labute approximate surface area is 542 Å². The molecule has 15 aromatic rings. The van der Waals surface area contributed by atoms with Crippen LogP contribution in [-0.2, 0) is 41.0 Å². The van der Waals surface area contributed by atoms with Gasteiger partial charge in [-0.2, -0.15) is 0 Å². The summed E-state index contributed by atoms with van der Waals surface area (Å²) in [5.74, 6) is 1.46. The molecule has 0 radical (unpaired) electrons. The van der Waals surface area contributed by atoms with Crippen LogP contribution < -0.4 is 4.74 Å². The first-order valence-electron chi connectivity index (χ1n) is 32.7. The van der Waals surface area contributed by atoms with Gasteiger partial charge in [-0.25, -0.2) is 0 Å². The molecule has 10 aromatic carbocycles. The topological polar surface area (TPSA) is 41.3 Å². The predicted octanol–water partition coefficient (Wildman–Crippen LogP) is 22.0. The maximum absolute atomic E-state index is 9.05. The Balaban J connectivity index is 0.933. The van der Waals surface area contributed by atoms with E-state index in [0.717, 1.165) is 97.7 Å². The Morgan fingerprint density at radius 2 is 0.989 bits per heavy atom. The third-order valence-electron chi connectivity index (χ3n) is 18.4. The van der Waals surface area contributed by atoms with Crippen molar-refractivity contribution < 1.29 is 28.2 Å². The standard InChI is InChI=1S/C83H73N5O.Pt/c1-51-39-77(84-49-70(51)53-33-35-55(36-34-53)80(2,3)4)87-74-46-60(37-38-65(74)68-47-69-67-29-22-28-66-64-25-17-18-30-71(64)88(79(66)67)76(69)48-75(68)87)89-61-44-58(83(11,12)13)43-59(45-61)85-50-86(73-32-20-19-31-72(73)85)78-62(52-23-15-14-16-24-52)26-21-27-63(78)54-40-56(81(5,6)7)42-57(41-54)82(8,9)10;/h14-44,47-49H,1-13H3;/q-2;/i1D3;. The van der Waals surface area contributed by atoms with Gasteiger partial charge in [0.1, 0.15) is 0 Å². The van der Waals surface area contributed by atoms with E-state index in [1.165, 1.54) is 33.0 Å². The van der Waals surface area contributed by atoms with E-state index in [1.807, 2.05) is 18.2 Å². The number of fused-ring (bicyclic) bond motifs is 10. The molecule has 0 atom stereocenters. The minimum absolute atomic E-state index is 0.0720. The quantitative estimate of drug-likeness (QED) is 0.142. The molecule has 0 aliphatic carbocycles. The van der Waals surface area contributed by atoms with Gasteiger partial charge in [0.05, 0.1) is 16.6 Å². The Bertz CT molecular complexity index is 5550. The molecule has 7 heteroatoms. The van der Waals surface area contributed by atoms with Crippen LogP contribution in [0.3, 0.4) is 0 Å². The van der Waals surface area contributed by atoms with Gasteiger partial charge in [-0.3, -0.25) is 0 Å². The van der Waals surface area contributed by atoms with Crippen molar-refractivity contribution in [1.82, 2.24) is 23.1 Å². The maximum atomic E-state index is 9.05. The SMILES string of the molecule is [2H]C([2H])([2H])c1cc(-n2c3[c-]c(Oc4[c-]c(-n5[c](=[Pt])n(-c6c(-c7ccccc7)cccc6-c6cc(C(C)(C)C)cc(C(C)(C)C)c6)c6ccccc65)cc(C(C)(C)C)c4)ccc3c3cc4c5cccc6c7ccccc7n(c4cc32)c65)ncc1-c1ccc(C(C)(C)C)cc1.